The molecule has 3 rings (SSSR count). The van der Waals surface area contributed by atoms with Crippen LogP contribution in [0, 0.1) is 0 Å². The Morgan fingerprint density at radius 2 is 1.87 bits per heavy atom. The number of carbonyl (C=O) groups excluding carboxylic acids is 2. The van der Waals surface area contributed by atoms with Gasteiger partial charge in [0.1, 0.15) is 0 Å². The van der Waals surface area contributed by atoms with Gasteiger partial charge in [-0.15, -0.1) is 0 Å². The minimum absolute atomic E-state index is 0.0136. The summed E-state index contributed by atoms with van der Waals surface area (Å²) in [6, 6.07) is 9.04. The van der Waals surface area contributed by atoms with Crippen LogP contribution in [-0.4, -0.2) is 55.3 Å². The Kier molecular flexibility index (Phi) is 4.66. The summed E-state index contributed by atoms with van der Waals surface area (Å²) in [6.07, 6.45) is 3.07. The lowest BCUT2D eigenvalue weighted by molar-refractivity contribution is -0.138. The fourth-order valence-electron chi connectivity index (χ4n) is 3.58. The second-order valence-electron chi connectivity index (χ2n) is 6.62. The Labute approximate surface area is 137 Å². The van der Waals surface area contributed by atoms with Gasteiger partial charge in [-0.25, -0.2) is 0 Å². The molecule has 2 saturated heterocycles. The summed E-state index contributed by atoms with van der Waals surface area (Å²) in [5.41, 5.74) is 2.53. The van der Waals surface area contributed by atoms with E-state index in [1.54, 1.807) is 0 Å². The van der Waals surface area contributed by atoms with Crippen LogP contribution in [0.1, 0.15) is 37.3 Å². The van der Waals surface area contributed by atoms with Gasteiger partial charge in [-0.05, 0) is 37.1 Å². The third kappa shape index (κ3) is 3.39. The molecule has 2 aliphatic rings. The second kappa shape index (κ2) is 6.71. The largest absolute Gasteiger partial charge is 0.378 e. The van der Waals surface area contributed by atoms with Gasteiger partial charge >= 0.3 is 0 Å². The number of benzene rings is 1. The van der Waals surface area contributed by atoms with Crippen LogP contribution in [0.2, 0.25) is 0 Å². The number of anilines is 1. The minimum Gasteiger partial charge on any atom is -0.378 e. The number of carbonyl (C=O) groups is 2. The molecule has 5 heteroatoms. The molecule has 2 aliphatic heterocycles. The van der Waals surface area contributed by atoms with Gasteiger partial charge in [-0.3, -0.25) is 19.4 Å². The first-order chi connectivity index (χ1) is 11.1. The van der Waals surface area contributed by atoms with Crippen LogP contribution in [0.5, 0.6) is 0 Å². The zero-order valence-electron chi connectivity index (χ0n) is 14.0. The average Bonchev–Trinajstić information content (AvgIpc) is 3.13. The first-order valence-electron chi connectivity index (χ1n) is 8.41. The van der Waals surface area contributed by atoms with Crippen molar-refractivity contribution < 1.29 is 9.59 Å². The van der Waals surface area contributed by atoms with E-state index < -0.39 is 0 Å². The fourth-order valence-corrected chi connectivity index (χ4v) is 3.58. The molecule has 0 radical (unpaired) electrons. The lowest BCUT2D eigenvalue weighted by atomic mass is 10.0. The maximum Gasteiger partial charge on any atom is 0.229 e. The summed E-state index contributed by atoms with van der Waals surface area (Å²) >= 11 is 0. The van der Waals surface area contributed by atoms with Gasteiger partial charge in [0.25, 0.3) is 0 Å². The van der Waals surface area contributed by atoms with E-state index in [9.17, 15) is 9.59 Å². The summed E-state index contributed by atoms with van der Waals surface area (Å²) < 4.78 is 0. The van der Waals surface area contributed by atoms with Crippen molar-refractivity contribution in [3.63, 3.8) is 0 Å². The van der Waals surface area contributed by atoms with Crippen molar-refractivity contribution >= 4 is 17.5 Å². The lowest BCUT2D eigenvalue weighted by Crippen LogP contribution is -2.37. The number of rotatable bonds is 5. The highest BCUT2D eigenvalue weighted by molar-refractivity contribution is 6.01. The van der Waals surface area contributed by atoms with Crippen LogP contribution in [0.25, 0.3) is 0 Å². The Bertz CT molecular complexity index is 584. The average molecular weight is 315 g/mol. The molecule has 0 aliphatic carbocycles. The molecule has 1 aromatic carbocycles. The van der Waals surface area contributed by atoms with E-state index in [4.69, 9.17) is 0 Å². The third-order valence-electron chi connectivity index (χ3n) is 4.90. The molecule has 2 amide bonds. The summed E-state index contributed by atoms with van der Waals surface area (Å²) in [4.78, 5) is 29.4. The Hall–Kier alpha value is -1.88. The number of amides is 2. The molecule has 124 valence electrons. The van der Waals surface area contributed by atoms with Gasteiger partial charge < -0.3 is 4.90 Å². The fraction of sp³-hybridized carbons (Fsp3) is 0.556. The molecule has 2 fully saturated rings. The molecular formula is C18H25N3O2. The van der Waals surface area contributed by atoms with Gasteiger partial charge in [0, 0.05) is 51.8 Å². The van der Waals surface area contributed by atoms with Crippen molar-refractivity contribution in [1.29, 1.82) is 0 Å². The van der Waals surface area contributed by atoms with Crippen LogP contribution in [0.3, 0.4) is 0 Å². The Morgan fingerprint density at radius 1 is 1.13 bits per heavy atom. The summed E-state index contributed by atoms with van der Waals surface area (Å²) in [6.45, 7) is 2.34. The van der Waals surface area contributed by atoms with Gasteiger partial charge in [0.05, 0.1) is 0 Å². The van der Waals surface area contributed by atoms with E-state index in [-0.39, 0.29) is 11.8 Å². The molecule has 0 N–H and O–H groups in total. The summed E-state index contributed by atoms with van der Waals surface area (Å²) in [7, 11) is 4.10. The summed E-state index contributed by atoms with van der Waals surface area (Å²) in [5, 5.41) is 0. The minimum atomic E-state index is -0.0136. The van der Waals surface area contributed by atoms with Gasteiger partial charge in [-0.2, -0.15) is 0 Å². The van der Waals surface area contributed by atoms with Crippen LogP contribution in [0.15, 0.2) is 24.3 Å². The number of nitrogens with zero attached hydrogens (tertiary/aromatic N) is 3. The molecule has 0 aromatic heterocycles. The molecule has 1 atom stereocenters. The lowest BCUT2D eigenvalue weighted by Gasteiger charge is -2.27. The van der Waals surface area contributed by atoms with Crippen molar-refractivity contribution in [2.45, 2.75) is 31.7 Å². The van der Waals surface area contributed by atoms with Gasteiger partial charge in [-0.1, -0.05) is 12.1 Å². The van der Waals surface area contributed by atoms with E-state index in [0.29, 0.717) is 25.4 Å². The molecule has 2 heterocycles. The highest BCUT2D eigenvalue weighted by Crippen LogP contribution is 2.33. The monoisotopic (exact) mass is 315 g/mol. The normalized spacial score (nSPS) is 22.2. The molecule has 0 spiro atoms. The molecule has 0 bridgehead atoms. The maximum atomic E-state index is 11.7. The quantitative estimate of drug-likeness (QED) is 0.780. The van der Waals surface area contributed by atoms with Gasteiger partial charge in [0.15, 0.2) is 0 Å². The number of imide groups is 1. The highest BCUT2D eigenvalue weighted by Gasteiger charge is 2.31. The van der Waals surface area contributed by atoms with E-state index in [2.05, 4.69) is 48.2 Å². The topological polar surface area (TPSA) is 43.9 Å². The Morgan fingerprint density at radius 3 is 2.57 bits per heavy atom. The van der Waals surface area contributed by atoms with Crippen LogP contribution in [-0.2, 0) is 9.59 Å². The van der Waals surface area contributed by atoms with E-state index in [1.165, 1.54) is 22.6 Å². The number of hydrogen-bond donors (Lipinski definition) is 0. The predicted octanol–water partition coefficient (Wildman–Crippen LogP) is 2.04. The van der Waals surface area contributed by atoms with E-state index in [0.717, 1.165) is 19.5 Å². The second-order valence-corrected chi connectivity index (χ2v) is 6.62. The van der Waals surface area contributed by atoms with Gasteiger partial charge in [0.2, 0.25) is 11.8 Å². The van der Waals surface area contributed by atoms with Crippen molar-refractivity contribution in [3.8, 4) is 0 Å². The zero-order valence-corrected chi connectivity index (χ0v) is 14.0. The predicted molar refractivity (Wildman–Crippen MR) is 90.3 cm³/mol. The van der Waals surface area contributed by atoms with Crippen molar-refractivity contribution in [2.75, 3.05) is 38.6 Å². The standard InChI is InChI=1S/C18H25N3O2/c1-19(2)15-6-3-5-14(13-15)16-7-4-10-20(16)11-12-21-17(22)8-9-18(21)23/h3,5-6,13,16H,4,7-12H2,1-2H3/t16-/m1/s1. The highest BCUT2D eigenvalue weighted by atomic mass is 16.2. The first kappa shape index (κ1) is 16.0. The third-order valence-corrected chi connectivity index (χ3v) is 4.90. The van der Waals surface area contributed by atoms with Crippen molar-refractivity contribution in [1.82, 2.24) is 9.80 Å². The smallest absolute Gasteiger partial charge is 0.229 e. The van der Waals surface area contributed by atoms with E-state index in [1.807, 2.05) is 0 Å². The van der Waals surface area contributed by atoms with Crippen LogP contribution >= 0.6 is 0 Å². The SMILES string of the molecule is CN(C)c1cccc([C@H]2CCCN2CCN2C(=O)CCC2=O)c1. The van der Waals surface area contributed by atoms with Crippen LogP contribution in [0.4, 0.5) is 5.69 Å². The van der Waals surface area contributed by atoms with Crippen molar-refractivity contribution in [3.05, 3.63) is 29.8 Å². The van der Waals surface area contributed by atoms with Crippen LogP contribution < -0.4 is 4.90 Å². The van der Waals surface area contributed by atoms with E-state index >= 15 is 0 Å². The molecule has 0 unspecified atom stereocenters. The first-order valence-corrected chi connectivity index (χ1v) is 8.41. The molecule has 5 nitrogen and oxygen atoms in total. The molecular weight excluding hydrogens is 290 g/mol. The zero-order chi connectivity index (χ0) is 16.4. The Balaban J connectivity index is 1.67. The molecule has 23 heavy (non-hydrogen) atoms. The number of hydrogen-bond acceptors (Lipinski definition) is 4. The van der Waals surface area contributed by atoms with Crippen molar-refractivity contribution in [2.24, 2.45) is 0 Å². The maximum absolute atomic E-state index is 11.7. The number of likely N-dealkylation sites (tertiary alicyclic amines) is 2. The summed E-state index contributed by atoms with van der Waals surface area (Å²) in [5.74, 6) is -0.0271. The molecule has 1 aromatic rings. The molecule has 0 saturated carbocycles.